The summed E-state index contributed by atoms with van der Waals surface area (Å²) in [4.78, 5) is 0. The molecular weight excluding hydrogens is 508 g/mol. The second-order valence-electron chi connectivity index (χ2n) is 10.4. The van der Waals surface area contributed by atoms with Crippen LogP contribution >= 0.6 is 0 Å². The minimum absolute atomic E-state index is 0.687. The zero-order valence-corrected chi connectivity index (χ0v) is 25.7. The van der Waals surface area contributed by atoms with Crippen molar-refractivity contribution in [2.45, 2.75) is 72.1 Å². The Balaban J connectivity index is 1.90. The lowest BCUT2D eigenvalue weighted by atomic mass is 10.0. The van der Waals surface area contributed by atoms with Gasteiger partial charge in [0, 0.05) is 16.7 Å². The number of rotatable bonds is 18. The fourth-order valence-corrected chi connectivity index (χ4v) is 4.53. The van der Waals surface area contributed by atoms with E-state index in [0.717, 1.165) is 58.1 Å². The Morgan fingerprint density at radius 1 is 0.537 bits per heavy atom. The standard InChI is InChI=1S/C37H48O4/c1-6-8-10-12-24-40-35-23-22-34(38-4)26-31(35)20-21-32-28-37(41-25-13-11-9-7-2)33(27-36(32)39-5)19-18-30-16-14-29(3)15-17-30/h14-23,26-28H,6-13,24-25H2,1-5H3/b19-18+,21-20+. The van der Waals surface area contributed by atoms with Gasteiger partial charge in [0.1, 0.15) is 23.0 Å². The predicted octanol–water partition coefficient (Wildman–Crippen LogP) is 10.3. The number of unbranched alkanes of at least 4 members (excludes halogenated alkanes) is 6. The van der Waals surface area contributed by atoms with E-state index in [1.807, 2.05) is 18.2 Å². The van der Waals surface area contributed by atoms with E-state index in [1.54, 1.807) is 14.2 Å². The Morgan fingerprint density at radius 3 is 1.71 bits per heavy atom. The van der Waals surface area contributed by atoms with Gasteiger partial charge in [-0.25, -0.2) is 0 Å². The third kappa shape index (κ3) is 10.7. The summed E-state index contributed by atoms with van der Waals surface area (Å²) in [5.74, 6) is 3.28. The fourth-order valence-electron chi connectivity index (χ4n) is 4.53. The molecule has 0 aromatic heterocycles. The Bertz CT molecular complexity index is 1240. The highest BCUT2D eigenvalue weighted by Gasteiger charge is 2.10. The average molecular weight is 557 g/mol. The molecule has 3 aromatic carbocycles. The number of hydrogen-bond donors (Lipinski definition) is 0. The summed E-state index contributed by atoms with van der Waals surface area (Å²) in [5, 5.41) is 0. The number of methoxy groups -OCH3 is 2. The molecule has 0 N–H and O–H groups in total. The highest BCUT2D eigenvalue weighted by Crippen LogP contribution is 2.33. The molecule has 3 rings (SSSR count). The van der Waals surface area contributed by atoms with Crippen molar-refractivity contribution in [2.75, 3.05) is 27.4 Å². The molecule has 0 saturated carbocycles. The quantitative estimate of drug-likeness (QED) is 0.115. The molecule has 0 spiro atoms. The summed E-state index contributed by atoms with van der Waals surface area (Å²) < 4.78 is 23.8. The van der Waals surface area contributed by atoms with Crippen LogP contribution in [-0.4, -0.2) is 27.4 Å². The van der Waals surface area contributed by atoms with Crippen LogP contribution in [-0.2, 0) is 0 Å². The molecule has 0 atom stereocenters. The molecule has 0 unspecified atom stereocenters. The van der Waals surface area contributed by atoms with Crippen LogP contribution < -0.4 is 18.9 Å². The van der Waals surface area contributed by atoms with Crippen molar-refractivity contribution in [3.63, 3.8) is 0 Å². The van der Waals surface area contributed by atoms with E-state index < -0.39 is 0 Å². The zero-order chi connectivity index (χ0) is 29.3. The predicted molar refractivity (Wildman–Crippen MR) is 174 cm³/mol. The van der Waals surface area contributed by atoms with Crippen molar-refractivity contribution < 1.29 is 18.9 Å². The summed E-state index contributed by atoms with van der Waals surface area (Å²) in [6.45, 7) is 7.93. The molecule has 0 bridgehead atoms. The highest BCUT2D eigenvalue weighted by molar-refractivity contribution is 5.80. The largest absolute Gasteiger partial charge is 0.497 e. The Hall–Kier alpha value is -3.66. The molecule has 0 saturated heterocycles. The highest BCUT2D eigenvalue weighted by atomic mass is 16.5. The monoisotopic (exact) mass is 556 g/mol. The molecule has 0 fully saturated rings. The van der Waals surface area contributed by atoms with Crippen molar-refractivity contribution in [3.05, 3.63) is 82.4 Å². The van der Waals surface area contributed by atoms with Gasteiger partial charge in [-0.3, -0.25) is 0 Å². The fraction of sp³-hybridized carbons (Fsp3) is 0.405. The van der Waals surface area contributed by atoms with Gasteiger partial charge in [-0.2, -0.15) is 0 Å². The number of ether oxygens (including phenoxy) is 4. The topological polar surface area (TPSA) is 36.9 Å². The van der Waals surface area contributed by atoms with Gasteiger partial charge >= 0.3 is 0 Å². The second-order valence-corrected chi connectivity index (χ2v) is 10.4. The first-order valence-corrected chi connectivity index (χ1v) is 15.2. The van der Waals surface area contributed by atoms with Crippen LogP contribution in [0.2, 0.25) is 0 Å². The van der Waals surface area contributed by atoms with Gasteiger partial charge < -0.3 is 18.9 Å². The van der Waals surface area contributed by atoms with Crippen molar-refractivity contribution in [3.8, 4) is 23.0 Å². The SMILES string of the molecule is CCCCCCOc1ccc(OC)cc1/C=C/c1cc(OCCCCCC)c(/C=C/c2ccc(C)cc2)cc1OC. The summed E-state index contributed by atoms with van der Waals surface area (Å²) in [5.41, 5.74) is 5.30. The Morgan fingerprint density at radius 2 is 1.10 bits per heavy atom. The van der Waals surface area contributed by atoms with E-state index in [9.17, 15) is 0 Å². The van der Waals surface area contributed by atoms with E-state index in [1.165, 1.54) is 44.1 Å². The van der Waals surface area contributed by atoms with Crippen molar-refractivity contribution in [1.29, 1.82) is 0 Å². The van der Waals surface area contributed by atoms with Crippen LogP contribution in [0.1, 0.15) is 93.0 Å². The molecule has 4 heteroatoms. The third-order valence-electron chi connectivity index (χ3n) is 7.07. The van der Waals surface area contributed by atoms with E-state index in [4.69, 9.17) is 18.9 Å². The van der Waals surface area contributed by atoms with Gasteiger partial charge in [-0.15, -0.1) is 0 Å². The molecule has 220 valence electrons. The smallest absolute Gasteiger partial charge is 0.127 e. The molecule has 0 heterocycles. The normalized spacial score (nSPS) is 11.3. The van der Waals surface area contributed by atoms with E-state index in [0.29, 0.717) is 13.2 Å². The van der Waals surface area contributed by atoms with E-state index in [2.05, 4.69) is 81.5 Å². The van der Waals surface area contributed by atoms with Crippen LogP contribution in [0.4, 0.5) is 0 Å². The number of aryl methyl sites for hydroxylation is 1. The van der Waals surface area contributed by atoms with Gasteiger partial charge in [-0.1, -0.05) is 107 Å². The zero-order valence-electron chi connectivity index (χ0n) is 25.7. The summed E-state index contributed by atoms with van der Waals surface area (Å²) >= 11 is 0. The average Bonchev–Trinajstić information content (AvgIpc) is 3.00. The summed E-state index contributed by atoms with van der Waals surface area (Å²) in [6.07, 6.45) is 17.7. The van der Waals surface area contributed by atoms with Crippen LogP contribution in [0.5, 0.6) is 23.0 Å². The van der Waals surface area contributed by atoms with Crippen LogP contribution in [0.15, 0.2) is 54.6 Å². The van der Waals surface area contributed by atoms with Gasteiger partial charge in [0.05, 0.1) is 27.4 Å². The lowest BCUT2D eigenvalue weighted by molar-refractivity contribution is 0.303. The summed E-state index contributed by atoms with van der Waals surface area (Å²) in [7, 11) is 3.39. The summed E-state index contributed by atoms with van der Waals surface area (Å²) in [6, 6.07) is 18.6. The lowest BCUT2D eigenvalue weighted by Crippen LogP contribution is -2.00. The molecule has 3 aromatic rings. The van der Waals surface area contributed by atoms with E-state index >= 15 is 0 Å². The van der Waals surface area contributed by atoms with Gasteiger partial charge in [0.25, 0.3) is 0 Å². The molecular formula is C37H48O4. The molecule has 0 amide bonds. The first-order valence-electron chi connectivity index (χ1n) is 15.2. The number of hydrogen-bond acceptors (Lipinski definition) is 4. The van der Waals surface area contributed by atoms with Crippen LogP contribution in [0, 0.1) is 6.92 Å². The molecule has 4 nitrogen and oxygen atoms in total. The maximum Gasteiger partial charge on any atom is 0.127 e. The Labute approximate surface area is 248 Å². The minimum atomic E-state index is 0.687. The van der Waals surface area contributed by atoms with Gasteiger partial charge in [0.15, 0.2) is 0 Å². The van der Waals surface area contributed by atoms with Crippen molar-refractivity contribution in [1.82, 2.24) is 0 Å². The minimum Gasteiger partial charge on any atom is -0.497 e. The first-order chi connectivity index (χ1) is 20.1. The molecule has 0 aliphatic rings. The molecule has 0 aliphatic carbocycles. The van der Waals surface area contributed by atoms with Crippen molar-refractivity contribution in [2.24, 2.45) is 0 Å². The van der Waals surface area contributed by atoms with E-state index in [-0.39, 0.29) is 0 Å². The Kier molecular flexibility index (Phi) is 13.9. The number of benzene rings is 3. The lowest BCUT2D eigenvalue weighted by Gasteiger charge is -2.14. The molecule has 41 heavy (non-hydrogen) atoms. The van der Waals surface area contributed by atoms with Gasteiger partial charge in [-0.05, 0) is 55.7 Å². The third-order valence-corrected chi connectivity index (χ3v) is 7.07. The maximum atomic E-state index is 6.34. The van der Waals surface area contributed by atoms with Crippen LogP contribution in [0.3, 0.4) is 0 Å². The first kappa shape index (κ1) is 31.9. The molecule has 0 aliphatic heterocycles. The maximum absolute atomic E-state index is 6.34. The molecule has 0 radical (unpaired) electrons. The van der Waals surface area contributed by atoms with Gasteiger partial charge in [0.2, 0.25) is 0 Å². The van der Waals surface area contributed by atoms with Crippen molar-refractivity contribution >= 4 is 24.3 Å². The second kappa shape index (κ2) is 17.9. The van der Waals surface area contributed by atoms with Crippen LogP contribution in [0.25, 0.3) is 24.3 Å².